The Bertz CT molecular complexity index is 808. The Labute approximate surface area is 176 Å². The van der Waals surface area contributed by atoms with Gasteiger partial charge in [0.15, 0.2) is 5.96 Å². The van der Waals surface area contributed by atoms with Crippen LogP contribution in [0.2, 0.25) is 0 Å². The van der Waals surface area contributed by atoms with Crippen LogP contribution in [0.1, 0.15) is 11.1 Å². The van der Waals surface area contributed by atoms with Crippen molar-refractivity contribution in [3.63, 3.8) is 0 Å². The van der Waals surface area contributed by atoms with Gasteiger partial charge < -0.3 is 15.1 Å². The number of hydrogen-bond acceptors (Lipinski definition) is 3. The third-order valence-corrected chi connectivity index (χ3v) is 4.52. The summed E-state index contributed by atoms with van der Waals surface area (Å²) in [6.07, 6.45) is 0. The number of benzene rings is 2. The fourth-order valence-electron chi connectivity index (χ4n) is 3.08. The van der Waals surface area contributed by atoms with Crippen LogP contribution in [0.4, 0.5) is 10.1 Å². The van der Waals surface area contributed by atoms with Gasteiger partial charge in [-0.05, 0) is 29.8 Å². The fourth-order valence-corrected chi connectivity index (χ4v) is 3.08. The lowest BCUT2D eigenvalue weighted by atomic mass is 10.1. The minimum absolute atomic E-state index is 0. The average molecular weight is 479 g/mol. The molecule has 7 heteroatoms. The first-order chi connectivity index (χ1) is 12.7. The first kappa shape index (κ1) is 21.0. The highest BCUT2D eigenvalue weighted by atomic mass is 127. The highest BCUT2D eigenvalue weighted by Crippen LogP contribution is 2.20. The monoisotopic (exact) mass is 479 g/mol. The van der Waals surface area contributed by atoms with Gasteiger partial charge in [-0.15, -0.1) is 24.0 Å². The molecule has 27 heavy (non-hydrogen) atoms. The number of rotatable bonds is 3. The first-order valence-electron chi connectivity index (χ1n) is 8.65. The third kappa shape index (κ3) is 5.32. The molecule has 0 aliphatic carbocycles. The van der Waals surface area contributed by atoms with Gasteiger partial charge in [0, 0.05) is 39.8 Å². The van der Waals surface area contributed by atoms with Crippen LogP contribution < -0.4 is 10.2 Å². The van der Waals surface area contributed by atoms with Crippen LogP contribution >= 0.6 is 24.0 Å². The molecule has 0 aromatic heterocycles. The number of anilines is 1. The maximum atomic E-state index is 13.9. The predicted molar refractivity (Wildman–Crippen MR) is 117 cm³/mol. The maximum Gasteiger partial charge on any atom is 0.194 e. The van der Waals surface area contributed by atoms with Crippen molar-refractivity contribution in [2.45, 2.75) is 6.54 Å². The van der Waals surface area contributed by atoms with Gasteiger partial charge in [-0.3, -0.25) is 4.99 Å². The number of piperazine rings is 1. The second-order valence-corrected chi connectivity index (χ2v) is 6.14. The summed E-state index contributed by atoms with van der Waals surface area (Å²) in [5.74, 6) is 0.659. The van der Waals surface area contributed by atoms with Crippen molar-refractivity contribution in [3.8, 4) is 6.07 Å². The van der Waals surface area contributed by atoms with E-state index in [0.29, 0.717) is 17.8 Å². The van der Waals surface area contributed by atoms with Crippen molar-refractivity contribution >= 4 is 35.6 Å². The van der Waals surface area contributed by atoms with Crippen LogP contribution in [-0.4, -0.2) is 44.1 Å². The topological polar surface area (TPSA) is 54.7 Å². The Balaban J connectivity index is 0.00000261. The van der Waals surface area contributed by atoms with Gasteiger partial charge in [0.1, 0.15) is 5.82 Å². The number of halogens is 2. The van der Waals surface area contributed by atoms with Crippen LogP contribution in [0.3, 0.4) is 0 Å². The summed E-state index contributed by atoms with van der Waals surface area (Å²) in [6, 6.07) is 16.5. The van der Waals surface area contributed by atoms with E-state index in [1.165, 1.54) is 6.07 Å². The summed E-state index contributed by atoms with van der Waals surface area (Å²) < 4.78 is 13.9. The summed E-state index contributed by atoms with van der Waals surface area (Å²) in [5, 5.41) is 12.2. The second-order valence-electron chi connectivity index (χ2n) is 6.14. The van der Waals surface area contributed by atoms with Crippen molar-refractivity contribution in [2.24, 2.45) is 4.99 Å². The van der Waals surface area contributed by atoms with E-state index in [4.69, 9.17) is 5.26 Å². The summed E-state index contributed by atoms with van der Waals surface area (Å²) in [7, 11) is 1.77. The molecule has 2 aromatic carbocycles. The molecule has 0 amide bonds. The molecule has 3 rings (SSSR count). The molecule has 2 aromatic rings. The van der Waals surface area contributed by atoms with E-state index in [2.05, 4.69) is 26.2 Å². The molecule has 1 aliphatic rings. The standard InChI is InChI=1S/C20H22FN5.HI/c1-23-20(24-15-17-8-6-16(14-22)7-9-17)26-12-10-25(11-13-26)19-5-3-2-4-18(19)21;/h2-9H,10-13,15H2,1H3,(H,23,24);1H. The number of nitrogens with zero attached hydrogens (tertiary/aromatic N) is 4. The number of nitrogens with one attached hydrogen (secondary N) is 1. The molecule has 0 radical (unpaired) electrons. The van der Waals surface area contributed by atoms with Crippen molar-refractivity contribution in [2.75, 3.05) is 38.1 Å². The van der Waals surface area contributed by atoms with E-state index >= 15 is 0 Å². The van der Waals surface area contributed by atoms with Crippen LogP contribution in [-0.2, 0) is 6.54 Å². The quantitative estimate of drug-likeness (QED) is 0.418. The summed E-state index contributed by atoms with van der Waals surface area (Å²) in [6.45, 7) is 3.70. The lowest BCUT2D eigenvalue weighted by molar-refractivity contribution is 0.370. The van der Waals surface area contributed by atoms with Crippen molar-refractivity contribution in [1.29, 1.82) is 5.26 Å². The van der Waals surface area contributed by atoms with E-state index in [0.717, 1.165) is 37.7 Å². The normalized spacial score (nSPS) is 14.3. The first-order valence-corrected chi connectivity index (χ1v) is 8.65. The Morgan fingerprint density at radius 3 is 2.37 bits per heavy atom. The van der Waals surface area contributed by atoms with Gasteiger partial charge in [0.25, 0.3) is 0 Å². The van der Waals surface area contributed by atoms with Crippen molar-refractivity contribution in [1.82, 2.24) is 10.2 Å². The van der Waals surface area contributed by atoms with Crippen LogP contribution in [0.15, 0.2) is 53.5 Å². The van der Waals surface area contributed by atoms with E-state index in [-0.39, 0.29) is 29.8 Å². The predicted octanol–water partition coefficient (Wildman–Crippen LogP) is 3.21. The number of nitriles is 1. The largest absolute Gasteiger partial charge is 0.366 e. The lowest BCUT2D eigenvalue weighted by Crippen LogP contribution is -2.52. The molecule has 0 bridgehead atoms. The van der Waals surface area contributed by atoms with Gasteiger partial charge in [0.2, 0.25) is 0 Å². The molecule has 1 fully saturated rings. The molecule has 0 unspecified atom stereocenters. The third-order valence-electron chi connectivity index (χ3n) is 4.52. The van der Waals surface area contributed by atoms with E-state index in [1.807, 2.05) is 36.4 Å². The van der Waals surface area contributed by atoms with Gasteiger partial charge in [-0.25, -0.2) is 4.39 Å². The van der Waals surface area contributed by atoms with Gasteiger partial charge in [-0.2, -0.15) is 5.26 Å². The van der Waals surface area contributed by atoms with Crippen molar-refractivity contribution in [3.05, 3.63) is 65.5 Å². The minimum Gasteiger partial charge on any atom is -0.366 e. The van der Waals surface area contributed by atoms with Crippen LogP contribution in [0, 0.1) is 17.1 Å². The Morgan fingerprint density at radius 2 is 1.78 bits per heavy atom. The average Bonchev–Trinajstić information content (AvgIpc) is 2.70. The van der Waals surface area contributed by atoms with Gasteiger partial charge >= 0.3 is 0 Å². The van der Waals surface area contributed by atoms with E-state index in [9.17, 15) is 4.39 Å². The maximum absolute atomic E-state index is 13.9. The molecule has 1 N–H and O–H groups in total. The summed E-state index contributed by atoms with van der Waals surface area (Å²) >= 11 is 0. The number of guanidine groups is 1. The molecule has 0 atom stereocenters. The van der Waals surface area contributed by atoms with E-state index < -0.39 is 0 Å². The summed E-state index contributed by atoms with van der Waals surface area (Å²) in [4.78, 5) is 8.61. The molecule has 0 spiro atoms. The zero-order valence-corrected chi connectivity index (χ0v) is 17.6. The second kappa shape index (κ2) is 10.1. The molecular weight excluding hydrogens is 456 g/mol. The van der Waals surface area contributed by atoms with Gasteiger partial charge in [0.05, 0.1) is 17.3 Å². The van der Waals surface area contributed by atoms with Crippen LogP contribution in [0.5, 0.6) is 0 Å². The number of aliphatic imine (C=N–C) groups is 1. The zero-order chi connectivity index (χ0) is 18.4. The Hall–Kier alpha value is -2.34. The minimum atomic E-state index is -0.177. The molecule has 5 nitrogen and oxygen atoms in total. The van der Waals surface area contributed by atoms with E-state index in [1.54, 1.807) is 13.1 Å². The number of hydrogen-bond donors (Lipinski definition) is 1. The molecule has 1 heterocycles. The Kier molecular flexibility index (Phi) is 7.85. The van der Waals surface area contributed by atoms with Gasteiger partial charge in [-0.1, -0.05) is 24.3 Å². The lowest BCUT2D eigenvalue weighted by Gasteiger charge is -2.37. The highest BCUT2D eigenvalue weighted by molar-refractivity contribution is 14.0. The number of para-hydroxylation sites is 1. The smallest absolute Gasteiger partial charge is 0.194 e. The summed E-state index contributed by atoms with van der Waals surface area (Å²) in [5.41, 5.74) is 2.41. The molecule has 1 saturated heterocycles. The fraction of sp³-hybridized carbons (Fsp3) is 0.300. The molecule has 0 saturated carbocycles. The molecule has 142 valence electrons. The highest BCUT2D eigenvalue weighted by Gasteiger charge is 2.21. The van der Waals surface area contributed by atoms with Crippen LogP contribution in [0.25, 0.3) is 0 Å². The van der Waals surface area contributed by atoms with Crippen molar-refractivity contribution < 1.29 is 4.39 Å². The molecular formula is C20H23FIN5. The molecule has 1 aliphatic heterocycles. The zero-order valence-electron chi connectivity index (χ0n) is 15.2. The Morgan fingerprint density at radius 1 is 1.11 bits per heavy atom. The SMILES string of the molecule is CN=C(NCc1ccc(C#N)cc1)N1CCN(c2ccccc2F)CC1.I.